The van der Waals surface area contributed by atoms with Gasteiger partial charge in [0.2, 0.25) is 5.91 Å². The van der Waals surface area contributed by atoms with Crippen molar-refractivity contribution in [2.75, 3.05) is 11.4 Å². The van der Waals surface area contributed by atoms with Gasteiger partial charge >= 0.3 is 0 Å². The summed E-state index contributed by atoms with van der Waals surface area (Å²) in [5.74, 6) is 0.370. The molecule has 2 aromatic rings. The van der Waals surface area contributed by atoms with Crippen LogP contribution in [0.1, 0.15) is 38.2 Å². The number of amides is 2. The number of benzene rings is 2. The molecule has 0 unspecified atom stereocenters. The summed E-state index contributed by atoms with van der Waals surface area (Å²) < 4.78 is 19.0. The molecule has 2 amide bonds. The van der Waals surface area contributed by atoms with E-state index in [0.29, 0.717) is 22.9 Å². The van der Waals surface area contributed by atoms with Crippen LogP contribution in [-0.4, -0.2) is 24.4 Å². The van der Waals surface area contributed by atoms with Crippen molar-refractivity contribution in [3.05, 3.63) is 65.7 Å². The Morgan fingerprint density at radius 2 is 1.83 bits per heavy atom. The van der Waals surface area contributed by atoms with Crippen LogP contribution in [0.25, 0.3) is 6.08 Å². The molecule has 30 heavy (non-hydrogen) atoms. The van der Waals surface area contributed by atoms with Crippen LogP contribution >= 0.6 is 0 Å². The molecule has 2 aliphatic rings. The average molecular weight is 408 g/mol. The largest absolute Gasteiger partial charge is 0.449 e. The van der Waals surface area contributed by atoms with Crippen molar-refractivity contribution in [3.8, 4) is 5.75 Å². The first-order valence-electron chi connectivity index (χ1n) is 10.3. The lowest BCUT2D eigenvalue weighted by Gasteiger charge is -2.31. The fourth-order valence-corrected chi connectivity index (χ4v) is 3.95. The van der Waals surface area contributed by atoms with E-state index in [1.165, 1.54) is 17.0 Å². The van der Waals surface area contributed by atoms with E-state index >= 15 is 0 Å². The van der Waals surface area contributed by atoms with Crippen molar-refractivity contribution >= 4 is 23.6 Å². The Balaban J connectivity index is 1.54. The molecule has 1 heterocycles. The lowest BCUT2D eigenvalue weighted by Crippen LogP contribution is -2.47. The van der Waals surface area contributed by atoms with Crippen molar-refractivity contribution in [3.63, 3.8) is 0 Å². The van der Waals surface area contributed by atoms with Crippen LogP contribution in [-0.2, 0) is 9.59 Å². The van der Waals surface area contributed by atoms with Gasteiger partial charge in [0.1, 0.15) is 12.4 Å². The van der Waals surface area contributed by atoms with Gasteiger partial charge in [0.25, 0.3) is 5.91 Å². The first-order valence-corrected chi connectivity index (χ1v) is 10.3. The van der Waals surface area contributed by atoms with Gasteiger partial charge in [0.05, 0.1) is 5.69 Å². The number of halogens is 1. The van der Waals surface area contributed by atoms with Crippen LogP contribution < -0.4 is 15.0 Å². The molecule has 0 bridgehead atoms. The zero-order valence-corrected chi connectivity index (χ0v) is 16.9. The number of nitrogens with one attached hydrogen (secondary N) is 1. The molecule has 0 aromatic heterocycles. The summed E-state index contributed by atoms with van der Waals surface area (Å²) in [6.07, 6.45) is 5.71. The molecule has 1 aliphatic heterocycles. The van der Waals surface area contributed by atoms with E-state index in [-0.39, 0.29) is 30.1 Å². The van der Waals surface area contributed by atoms with Crippen molar-refractivity contribution < 1.29 is 18.7 Å². The predicted octanol–water partition coefficient (Wildman–Crippen LogP) is 4.29. The molecule has 1 fully saturated rings. The van der Waals surface area contributed by atoms with Gasteiger partial charge in [-0.05, 0) is 67.5 Å². The van der Waals surface area contributed by atoms with Gasteiger partial charge in [-0.1, -0.05) is 31.2 Å². The van der Waals surface area contributed by atoms with Crippen LogP contribution in [0.3, 0.4) is 0 Å². The lowest BCUT2D eigenvalue weighted by atomic mass is 9.87. The highest BCUT2D eigenvalue weighted by Gasteiger charge is 2.32. The van der Waals surface area contributed by atoms with Crippen molar-refractivity contribution in [1.82, 2.24) is 5.32 Å². The average Bonchev–Trinajstić information content (AvgIpc) is 2.74. The molecule has 2 aromatic carbocycles. The second kappa shape index (κ2) is 8.69. The third-order valence-electron chi connectivity index (χ3n) is 5.68. The second-order valence-electron chi connectivity index (χ2n) is 8.05. The van der Waals surface area contributed by atoms with Gasteiger partial charge in [-0.25, -0.2) is 4.39 Å². The van der Waals surface area contributed by atoms with Gasteiger partial charge in [-0.3, -0.25) is 14.5 Å². The molecule has 0 saturated heterocycles. The van der Waals surface area contributed by atoms with Crippen LogP contribution in [0, 0.1) is 11.7 Å². The van der Waals surface area contributed by atoms with Crippen molar-refractivity contribution in [1.29, 1.82) is 0 Å². The second-order valence-corrected chi connectivity index (χ2v) is 8.05. The Labute approximate surface area is 175 Å². The topological polar surface area (TPSA) is 58.6 Å². The molecule has 156 valence electrons. The van der Waals surface area contributed by atoms with Crippen LogP contribution in [0.15, 0.2) is 54.3 Å². The van der Waals surface area contributed by atoms with Gasteiger partial charge in [0.15, 0.2) is 11.5 Å². The number of carbonyl (C=O) groups excluding carboxylic acids is 2. The minimum Gasteiger partial charge on any atom is -0.449 e. The van der Waals surface area contributed by atoms with E-state index in [2.05, 4.69) is 12.2 Å². The smallest absolute Gasteiger partial charge is 0.294 e. The van der Waals surface area contributed by atoms with E-state index in [0.717, 1.165) is 25.7 Å². The fraction of sp³-hybridized carbons (Fsp3) is 0.333. The fourth-order valence-electron chi connectivity index (χ4n) is 3.95. The number of fused-ring (bicyclic) bond motifs is 1. The summed E-state index contributed by atoms with van der Waals surface area (Å²) in [6.45, 7) is 2.16. The molecular formula is C24H25FN2O3. The van der Waals surface area contributed by atoms with Crippen molar-refractivity contribution in [2.24, 2.45) is 5.92 Å². The Hall–Kier alpha value is -3.15. The highest BCUT2D eigenvalue weighted by atomic mass is 19.1. The standard InChI is InChI=1S/C24H25FN2O3/c1-16-6-12-19(13-7-16)26-23(28)15-27-20-4-2-3-5-21(20)30-22(24(27)29)14-17-8-10-18(25)11-9-17/h2-5,8-11,14,16,19H,6-7,12-13,15H2,1H3,(H,26,28)/b22-14+. The van der Waals surface area contributed by atoms with Gasteiger partial charge in [0, 0.05) is 6.04 Å². The molecule has 1 saturated carbocycles. The highest BCUT2D eigenvalue weighted by Crippen LogP contribution is 2.35. The monoisotopic (exact) mass is 408 g/mol. The molecule has 4 rings (SSSR count). The zero-order valence-electron chi connectivity index (χ0n) is 16.9. The third kappa shape index (κ3) is 4.53. The molecule has 1 aliphatic carbocycles. The van der Waals surface area contributed by atoms with Crippen LogP contribution in [0.4, 0.5) is 10.1 Å². The van der Waals surface area contributed by atoms with Crippen LogP contribution in [0.2, 0.25) is 0 Å². The lowest BCUT2D eigenvalue weighted by molar-refractivity contribution is -0.124. The molecular weight excluding hydrogens is 383 g/mol. The number of para-hydroxylation sites is 2. The number of anilines is 1. The Bertz CT molecular complexity index is 963. The third-order valence-corrected chi connectivity index (χ3v) is 5.68. The molecule has 1 N–H and O–H groups in total. The van der Waals surface area contributed by atoms with Gasteiger partial charge in [-0.15, -0.1) is 0 Å². The number of nitrogens with zero attached hydrogens (tertiary/aromatic N) is 1. The Morgan fingerprint density at radius 3 is 2.57 bits per heavy atom. The predicted molar refractivity (Wildman–Crippen MR) is 113 cm³/mol. The first kappa shape index (κ1) is 20.1. The number of carbonyl (C=O) groups is 2. The summed E-state index contributed by atoms with van der Waals surface area (Å²) in [4.78, 5) is 27.3. The van der Waals surface area contributed by atoms with E-state index in [1.807, 2.05) is 6.07 Å². The minimum atomic E-state index is -0.398. The van der Waals surface area contributed by atoms with E-state index in [9.17, 15) is 14.0 Å². The summed E-state index contributed by atoms with van der Waals surface area (Å²) in [5.41, 5.74) is 1.20. The Kier molecular flexibility index (Phi) is 5.84. The summed E-state index contributed by atoms with van der Waals surface area (Å²) >= 11 is 0. The maximum atomic E-state index is 13.2. The SMILES string of the molecule is CC1CCC(NC(=O)CN2C(=O)/C(=C\c3ccc(F)cc3)Oc3ccccc32)CC1. The van der Waals surface area contributed by atoms with Crippen LogP contribution in [0.5, 0.6) is 5.75 Å². The zero-order chi connectivity index (χ0) is 21.1. The number of ether oxygens (including phenoxy) is 1. The van der Waals surface area contributed by atoms with Gasteiger partial charge in [-0.2, -0.15) is 0 Å². The quantitative estimate of drug-likeness (QED) is 0.768. The number of hydrogen-bond donors (Lipinski definition) is 1. The molecule has 6 heteroatoms. The summed E-state index contributed by atoms with van der Waals surface area (Å²) in [6, 6.07) is 13.1. The Morgan fingerprint density at radius 1 is 1.13 bits per heavy atom. The first-order chi connectivity index (χ1) is 14.5. The van der Waals surface area contributed by atoms with Gasteiger partial charge < -0.3 is 10.1 Å². The minimum absolute atomic E-state index is 0.0774. The molecule has 0 atom stereocenters. The summed E-state index contributed by atoms with van der Waals surface area (Å²) in [5, 5.41) is 3.07. The maximum absolute atomic E-state index is 13.2. The van der Waals surface area contributed by atoms with E-state index in [4.69, 9.17) is 4.74 Å². The highest BCUT2D eigenvalue weighted by molar-refractivity contribution is 6.12. The maximum Gasteiger partial charge on any atom is 0.294 e. The summed E-state index contributed by atoms with van der Waals surface area (Å²) in [7, 11) is 0. The normalized spacial score (nSPS) is 22.4. The molecule has 0 spiro atoms. The molecule has 0 radical (unpaired) electrons. The number of rotatable bonds is 4. The van der Waals surface area contributed by atoms with Crippen molar-refractivity contribution in [2.45, 2.75) is 38.6 Å². The number of hydrogen-bond acceptors (Lipinski definition) is 3. The van der Waals surface area contributed by atoms with E-state index in [1.54, 1.807) is 36.4 Å². The molecule has 5 nitrogen and oxygen atoms in total. The van der Waals surface area contributed by atoms with E-state index < -0.39 is 5.91 Å².